The summed E-state index contributed by atoms with van der Waals surface area (Å²) < 4.78 is 0. The summed E-state index contributed by atoms with van der Waals surface area (Å²) in [6.45, 7) is 3.54. The number of aryl methyl sites for hydroxylation is 2. The summed E-state index contributed by atoms with van der Waals surface area (Å²) in [6.07, 6.45) is 4.46. The van der Waals surface area contributed by atoms with Crippen molar-refractivity contribution in [2.45, 2.75) is 13.8 Å². The lowest BCUT2D eigenvalue weighted by atomic mass is 10.1. The summed E-state index contributed by atoms with van der Waals surface area (Å²) in [7, 11) is 0. The first-order valence-corrected chi connectivity index (χ1v) is 4.80. The Balaban J connectivity index is 2.46. The van der Waals surface area contributed by atoms with Crippen LogP contribution in [0.1, 0.15) is 27.4 Å². The smallest absolute Gasteiger partial charge is 0.214 e. The molecule has 0 spiro atoms. The summed E-state index contributed by atoms with van der Waals surface area (Å²) in [6, 6.07) is 1.71. The Hall–Kier alpha value is -2.17. The summed E-state index contributed by atoms with van der Waals surface area (Å²) in [5.74, 6) is -0.177. The second kappa shape index (κ2) is 4.14. The SMILES string of the molecule is Cc1cc(C(=O)c2cnccn2)c(C)nn1. The number of nitrogens with zero attached hydrogens (tertiary/aromatic N) is 4. The third kappa shape index (κ3) is 1.93. The molecule has 0 fully saturated rings. The largest absolute Gasteiger partial charge is 0.287 e. The van der Waals surface area contributed by atoms with Crippen molar-refractivity contribution < 1.29 is 4.79 Å². The summed E-state index contributed by atoms with van der Waals surface area (Å²) >= 11 is 0. The van der Waals surface area contributed by atoms with E-state index in [2.05, 4.69) is 20.2 Å². The van der Waals surface area contributed by atoms with Gasteiger partial charge in [-0.1, -0.05) is 0 Å². The first kappa shape index (κ1) is 10.4. The molecular weight excluding hydrogens is 204 g/mol. The van der Waals surface area contributed by atoms with E-state index in [1.54, 1.807) is 19.9 Å². The minimum absolute atomic E-state index is 0.177. The first-order chi connectivity index (χ1) is 7.68. The highest BCUT2D eigenvalue weighted by molar-refractivity contribution is 6.08. The van der Waals surface area contributed by atoms with E-state index in [0.717, 1.165) is 0 Å². The van der Waals surface area contributed by atoms with Gasteiger partial charge in [-0.05, 0) is 19.9 Å². The van der Waals surface area contributed by atoms with E-state index in [0.29, 0.717) is 22.6 Å². The van der Waals surface area contributed by atoms with Crippen molar-refractivity contribution in [2.24, 2.45) is 0 Å². The van der Waals surface area contributed by atoms with Gasteiger partial charge in [-0.2, -0.15) is 10.2 Å². The van der Waals surface area contributed by atoms with Crippen LogP contribution in [0.4, 0.5) is 0 Å². The molecule has 0 radical (unpaired) electrons. The average Bonchev–Trinajstić information content (AvgIpc) is 2.32. The Morgan fingerprint density at radius 1 is 1.19 bits per heavy atom. The van der Waals surface area contributed by atoms with Gasteiger partial charge < -0.3 is 0 Å². The summed E-state index contributed by atoms with van der Waals surface area (Å²) in [5.41, 5.74) is 2.14. The molecule has 16 heavy (non-hydrogen) atoms. The highest BCUT2D eigenvalue weighted by Crippen LogP contribution is 2.10. The van der Waals surface area contributed by atoms with E-state index in [1.165, 1.54) is 18.6 Å². The van der Waals surface area contributed by atoms with E-state index in [4.69, 9.17) is 0 Å². The predicted molar refractivity (Wildman–Crippen MR) is 57.0 cm³/mol. The normalized spacial score (nSPS) is 10.1. The molecule has 5 heteroatoms. The molecule has 2 aromatic rings. The third-order valence-electron chi connectivity index (χ3n) is 2.14. The number of carbonyl (C=O) groups excluding carboxylic acids is 1. The molecule has 0 bridgehead atoms. The van der Waals surface area contributed by atoms with Crippen LogP contribution >= 0.6 is 0 Å². The number of hydrogen-bond acceptors (Lipinski definition) is 5. The maximum absolute atomic E-state index is 12.0. The van der Waals surface area contributed by atoms with Gasteiger partial charge in [0.1, 0.15) is 5.69 Å². The molecule has 0 atom stereocenters. The zero-order valence-electron chi connectivity index (χ0n) is 9.01. The molecule has 0 aromatic carbocycles. The standard InChI is InChI=1S/C11H10N4O/c1-7-5-9(8(2)15-14-7)11(16)10-6-12-3-4-13-10/h3-6H,1-2H3. The second-order valence-corrected chi connectivity index (χ2v) is 3.40. The molecule has 2 rings (SSSR count). The number of hydrogen-bond donors (Lipinski definition) is 0. The topological polar surface area (TPSA) is 68.6 Å². The van der Waals surface area contributed by atoms with Gasteiger partial charge in [0.2, 0.25) is 5.78 Å². The summed E-state index contributed by atoms with van der Waals surface area (Å²) in [4.78, 5) is 19.9. The Morgan fingerprint density at radius 2 is 2.00 bits per heavy atom. The van der Waals surface area contributed by atoms with Crippen LogP contribution < -0.4 is 0 Å². The van der Waals surface area contributed by atoms with Crippen molar-refractivity contribution in [2.75, 3.05) is 0 Å². The Kier molecular flexibility index (Phi) is 2.68. The Labute approximate surface area is 92.6 Å². The fraction of sp³-hybridized carbons (Fsp3) is 0.182. The van der Waals surface area contributed by atoms with Gasteiger partial charge in [0.15, 0.2) is 0 Å². The monoisotopic (exact) mass is 214 g/mol. The highest BCUT2D eigenvalue weighted by Gasteiger charge is 2.14. The van der Waals surface area contributed by atoms with Gasteiger partial charge in [-0.25, -0.2) is 4.98 Å². The minimum Gasteiger partial charge on any atom is -0.287 e. The van der Waals surface area contributed by atoms with Gasteiger partial charge >= 0.3 is 0 Å². The Bertz CT molecular complexity index is 525. The van der Waals surface area contributed by atoms with E-state index >= 15 is 0 Å². The van der Waals surface area contributed by atoms with Crippen molar-refractivity contribution >= 4 is 5.78 Å². The van der Waals surface area contributed by atoms with Crippen LogP contribution in [0, 0.1) is 13.8 Å². The number of carbonyl (C=O) groups is 1. The van der Waals surface area contributed by atoms with Crippen molar-refractivity contribution in [1.82, 2.24) is 20.2 Å². The highest BCUT2D eigenvalue weighted by atomic mass is 16.1. The van der Waals surface area contributed by atoms with Gasteiger partial charge in [0.05, 0.1) is 17.6 Å². The lowest BCUT2D eigenvalue weighted by Gasteiger charge is -2.03. The minimum atomic E-state index is -0.177. The lowest BCUT2D eigenvalue weighted by molar-refractivity contribution is 0.103. The first-order valence-electron chi connectivity index (χ1n) is 4.80. The zero-order chi connectivity index (χ0) is 11.5. The van der Waals surface area contributed by atoms with E-state index in [9.17, 15) is 4.79 Å². The number of aromatic nitrogens is 4. The number of rotatable bonds is 2. The average molecular weight is 214 g/mol. The van der Waals surface area contributed by atoms with Crippen LogP contribution in [0.3, 0.4) is 0 Å². The van der Waals surface area contributed by atoms with Crippen LogP contribution in [0.2, 0.25) is 0 Å². The molecule has 0 aliphatic heterocycles. The second-order valence-electron chi connectivity index (χ2n) is 3.40. The molecule has 2 aromatic heterocycles. The third-order valence-corrected chi connectivity index (χ3v) is 2.14. The molecule has 0 aliphatic carbocycles. The quantitative estimate of drug-likeness (QED) is 0.700. The zero-order valence-corrected chi connectivity index (χ0v) is 9.01. The van der Waals surface area contributed by atoms with Crippen molar-refractivity contribution in [3.8, 4) is 0 Å². The molecule has 0 amide bonds. The van der Waals surface area contributed by atoms with E-state index in [1.807, 2.05) is 0 Å². The maximum atomic E-state index is 12.0. The molecule has 2 heterocycles. The molecular formula is C11H10N4O. The fourth-order valence-electron chi connectivity index (χ4n) is 1.33. The predicted octanol–water partition coefficient (Wildman–Crippen LogP) is 1.11. The molecule has 80 valence electrons. The van der Waals surface area contributed by atoms with Crippen LogP contribution in [-0.2, 0) is 0 Å². The molecule has 0 unspecified atom stereocenters. The van der Waals surface area contributed by atoms with Crippen molar-refractivity contribution in [3.05, 3.63) is 47.3 Å². The van der Waals surface area contributed by atoms with Crippen LogP contribution in [0.15, 0.2) is 24.7 Å². The van der Waals surface area contributed by atoms with Gasteiger partial charge in [0.25, 0.3) is 0 Å². The van der Waals surface area contributed by atoms with Crippen molar-refractivity contribution in [1.29, 1.82) is 0 Å². The van der Waals surface area contributed by atoms with Gasteiger partial charge in [0, 0.05) is 18.0 Å². The van der Waals surface area contributed by atoms with Crippen LogP contribution in [0.5, 0.6) is 0 Å². The molecule has 0 N–H and O–H groups in total. The van der Waals surface area contributed by atoms with Crippen molar-refractivity contribution in [3.63, 3.8) is 0 Å². The van der Waals surface area contributed by atoms with Crippen LogP contribution in [0.25, 0.3) is 0 Å². The van der Waals surface area contributed by atoms with E-state index < -0.39 is 0 Å². The molecule has 0 aliphatic rings. The molecule has 5 nitrogen and oxygen atoms in total. The fourth-order valence-corrected chi connectivity index (χ4v) is 1.33. The van der Waals surface area contributed by atoms with Crippen LogP contribution in [-0.4, -0.2) is 25.9 Å². The van der Waals surface area contributed by atoms with E-state index in [-0.39, 0.29) is 5.78 Å². The summed E-state index contributed by atoms with van der Waals surface area (Å²) in [5, 5.41) is 7.78. The lowest BCUT2D eigenvalue weighted by Crippen LogP contribution is -2.09. The van der Waals surface area contributed by atoms with Gasteiger partial charge in [-0.3, -0.25) is 9.78 Å². The molecule has 0 saturated carbocycles. The van der Waals surface area contributed by atoms with Gasteiger partial charge in [-0.15, -0.1) is 0 Å². The molecule has 0 saturated heterocycles. The number of ketones is 1. The maximum Gasteiger partial charge on any atom is 0.214 e. The Morgan fingerprint density at radius 3 is 2.69 bits per heavy atom.